The van der Waals surface area contributed by atoms with E-state index in [1.807, 2.05) is 6.07 Å². The van der Waals surface area contributed by atoms with Crippen LogP contribution in [0.5, 0.6) is 0 Å². The van der Waals surface area contributed by atoms with Crippen molar-refractivity contribution >= 4 is 33.2 Å². The first-order valence-corrected chi connectivity index (χ1v) is 7.74. The van der Waals surface area contributed by atoms with Gasteiger partial charge >= 0.3 is 0 Å². The summed E-state index contributed by atoms with van der Waals surface area (Å²) in [7, 11) is 2.20. The summed E-state index contributed by atoms with van der Waals surface area (Å²) in [5, 5.41) is 1.68. The van der Waals surface area contributed by atoms with Crippen LogP contribution in [-0.4, -0.2) is 37.1 Å². The van der Waals surface area contributed by atoms with Crippen molar-refractivity contribution in [1.82, 2.24) is 4.90 Å². The number of hydrogen-bond acceptors (Lipinski definition) is 2. The van der Waals surface area contributed by atoms with Crippen molar-refractivity contribution < 1.29 is 0 Å². The van der Waals surface area contributed by atoms with Crippen LogP contribution < -0.4 is 4.90 Å². The van der Waals surface area contributed by atoms with Gasteiger partial charge < -0.3 is 4.90 Å². The lowest BCUT2D eigenvalue weighted by Gasteiger charge is -2.46. The second kappa shape index (κ2) is 5.40. The molecule has 0 amide bonds. The molecule has 0 radical (unpaired) electrons. The van der Waals surface area contributed by atoms with Crippen LogP contribution in [0.1, 0.15) is 19.4 Å². The third-order valence-electron chi connectivity index (χ3n) is 3.85. The number of likely N-dealkylation sites (N-methyl/N-ethyl adjacent to an activating group) is 1. The monoisotopic (exact) mass is 330 g/mol. The Balaban J connectivity index is 2.29. The third-order valence-corrected chi connectivity index (χ3v) is 4.69. The first kappa shape index (κ1) is 14.2. The van der Waals surface area contributed by atoms with Crippen LogP contribution in [0, 0.1) is 0 Å². The maximum Gasteiger partial charge on any atom is 0.0426 e. The van der Waals surface area contributed by atoms with Gasteiger partial charge in [-0.1, -0.05) is 33.6 Å². The van der Waals surface area contributed by atoms with Gasteiger partial charge in [-0.25, -0.2) is 0 Å². The third kappa shape index (κ3) is 2.84. The first-order valence-electron chi connectivity index (χ1n) is 6.24. The zero-order valence-electron chi connectivity index (χ0n) is 11.2. The zero-order chi connectivity index (χ0) is 13.3. The lowest BCUT2D eigenvalue weighted by atomic mass is 9.98. The number of piperazine rings is 1. The smallest absolute Gasteiger partial charge is 0.0426 e. The minimum Gasteiger partial charge on any atom is -0.368 e. The number of nitrogens with zero attached hydrogens (tertiary/aromatic N) is 2. The Kier molecular flexibility index (Phi) is 4.25. The number of anilines is 1. The van der Waals surface area contributed by atoms with Gasteiger partial charge in [-0.15, -0.1) is 0 Å². The van der Waals surface area contributed by atoms with E-state index in [1.165, 1.54) is 11.3 Å². The van der Waals surface area contributed by atoms with E-state index in [4.69, 9.17) is 11.6 Å². The van der Waals surface area contributed by atoms with Crippen LogP contribution in [-0.2, 0) is 5.33 Å². The first-order chi connectivity index (χ1) is 8.44. The fourth-order valence-electron chi connectivity index (χ4n) is 2.39. The lowest BCUT2D eigenvalue weighted by molar-refractivity contribution is 0.139. The van der Waals surface area contributed by atoms with E-state index in [-0.39, 0.29) is 5.54 Å². The van der Waals surface area contributed by atoms with Crippen molar-refractivity contribution in [1.29, 1.82) is 0 Å². The molecule has 1 fully saturated rings. The van der Waals surface area contributed by atoms with Crippen LogP contribution in [0.25, 0.3) is 0 Å². The molecule has 0 saturated carbocycles. The molecule has 0 unspecified atom stereocenters. The molecule has 1 aliphatic rings. The van der Waals surface area contributed by atoms with E-state index in [0.29, 0.717) is 0 Å². The molecule has 1 aromatic carbocycles. The molecule has 0 bridgehead atoms. The molecule has 4 heteroatoms. The van der Waals surface area contributed by atoms with Gasteiger partial charge in [0.05, 0.1) is 0 Å². The molecule has 0 spiro atoms. The average Bonchev–Trinajstić information content (AvgIpc) is 2.32. The Hall–Kier alpha value is -0.250. The number of halogens is 2. The van der Waals surface area contributed by atoms with Crippen molar-refractivity contribution in [2.45, 2.75) is 24.7 Å². The molecule has 0 aliphatic carbocycles. The fraction of sp³-hybridized carbons (Fsp3) is 0.571. The van der Waals surface area contributed by atoms with Crippen molar-refractivity contribution in [3.05, 3.63) is 28.8 Å². The molecule has 18 heavy (non-hydrogen) atoms. The molecule has 1 saturated heterocycles. The van der Waals surface area contributed by atoms with Crippen LogP contribution >= 0.6 is 27.5 Å². The second-order valence-corrected chi connectivity index (χ2v) is 6.56. The van der Waals surface area contributed by atoms with E-state index in [9.17, 15) is 0 Å². The summed E-state index contributed by atoms with van der Waals surface area (Å²) in [5.74, 6) is 0. The van der Waals surface area contributed by atoms with Gasteiger partial charge in [0.15, 0.2) is 0 Å². The van der Waals surface area contributed by atoms with Gasteiger partial charge in [-0.2, -0.15) is 0 Å². The summed E-state index contributed by atoms with van der Waals surface area (Å²) in [6, 6.07) is 6.15. The summed E-state index contributed by atoms with van der Waals surface area (Å²) in [4.78, 5) is 4.87. The summed E-state index contributed by atoms with van der Waals surface area (Å²) in [6.45, 7) is 7.75. The van der Waals surface area contributed by atoms with Crippen LogP contribution in [0.4, 0.5) is 5.69 Å². The van der Waals surface area contributed by atoms with E-state index < -0.39 is 0 Å². The molecule has 1 heterocycles. The topological polar surface area (TPSA) is 6.48 Å². The largest absolute Gasteiger partial charge is 0.368 e. The Morgan fingerprint density at radius 1 is 1.33 bits per heavy atom. The van der Waals surface area contributed by atoms with Crippen molar-refractivity contribution in [3.8, 4) is 0 Å². The maximum atomic E-state index is 6.14. The van der Waals surface area contributed by atoms with Gasteiger partial charge in [0.25, 0.3) is 0 Å². The van der Waals surface area contributed by atoms with Gasteiger partial charge in [0.1, 0.15) is 0 Å². The van der Waals surface area contributed by atoms with E-state index in [1.54, 1.807) is 0 Å². The standard InChI is InChI=1S/C14H20BrClN2/c1-14(2)10-18(7-6-17(14)3)13-8-12(16)5-4-11(13)9-15/h4-5,8H,6-7,9-10H2,1-3H3. The van der Waals surface area contributed by atoms with Gasteiger partial charge in [-0.05, 0) is 38.6 Å². The Labute approximate surface area is 123 Å². The minimum atomic E-state index is 0.199. The predicted molar refractivity (Wildman–Crippen MR) is 83.0 cm³/mol. The number of benzene rings is 1. The normalized spacial score (nSPS) is 20.2. The molecular weight excluding hydrogens is 312 g/mol. The molecule has 0 N–H and O–H groups in total. The van der Waals surface area contributed by atoms with Gasteiger partial charge in [-0.3, -0.25) is 4.90 Å². The number of rotatable bonds is 2. The Morgan fingerprint density at radius 2 is 2.06 bits per heavy atom. The molecule has 1 aromatic rings. The summed E-state index contributed by atoms with van der Waals surface area (Å²) >= 11 is 9.70. The molecule has 2 nitrogen and oxygen atoms in total. The number of hydrogen-bond donors (Lipinski definition) is 0. The highest BCUT2D eigenvalue weighted by molar-refractivity contribution is 9.08. The fourth-order valence-corrected chi connectivity index (χ4v) is 3.03. The van der Waals surface area contributed by atoms with Gasteiger partial charge in [0, 0.05) is 41.2 Å². The van der Waals surface area contributed by atoms with Gasteiger partial charge in [0.2, 0.25) is 0 Å². The van der Waals surface area contributed by atoms with E-state index in [0.717, 1.165) is 30.0 Å². The summed E-state index contributed by atoms with van der Waals surface area (Å²) < 4.78 is 0. The quantitative estimate of drug-likeness (QED) is 0.761. The molecule has 2 rings (SSSR count). The van der Waals surface area contributed by atoms with Crippen LogP contribution in [0.3, 0.4) is 0 Å². The average molecular weight is 332 g/mol. The predicted octanol–water partition coefficient (Wildman–Crippen LogP) is 3.77. The molecule has 100 valence electrons. The second-order valence-electron chi connectivity index (χ2n) is 5.56. The molecule has 1 aliphatic heterocycles. The summed E-state index contributed by atoms with van der Waals surface area (Å²) in [6.07, 6.45) is 0. The lowest BCUT2D eigenvalue weighted by Crippen LogP contribution is -2.57. The highest BCUT2D eigenvalue weighted by atomic mass is 79.9. The van der Waals surface area contributed by atoms with Crippen LogP contribution in [0.2, 0.25) is 5.02 Å². The Morgan fingerprint density at radius 3 is 2.67 bits per heavy atom. The highest BCUT2D eigenvalue weighted by Crippen LogP contribution is 2.30. The van der Waals surface area contributed by atoms with Crippen molar-refractivity contribution in [2.24, 2.45) is 0 Å². The molecule has 0 atom stereocenters. The highest BCUT2D eigenvalue weighted by Gasteiger charge is 2.31. The number of alkyl halides is 1. The molecular formula is C14H20BrClN2. The maximum absolute atomic E-state index is 6.14. The van der Waals surface area contributed by atoms with Crippen molar-refractivity contribution in [3.63, 3.8) is 0 Å². The summed E-state index contributed by atoms with van der Waals surface area (Å²) in [5.41, 5.74) is 2.77. The Bertz CT molecular complexity index is 434. The molecule has 0 aromatic heterocycles. The zero-order valence-corrected chi connectivity index (χ0v) is 13.6. The van der Waals surface area contributed by atoms with Crippen molar-refractivity contribution in [2.75, 3.05) is 31.6 Å². The van der Waals surface area contributed by atoms with Crippen LogP contribution in [0.15, 0.2) is 18.2 Å². The van der Waals surface area contributed by atoms with E-state index in [2.05, 4.69) is 58.8 Å². The van der Waals surface area contributed by atoms with E-state index >= 15 is 0 Å². The SMILES string of the molecule is CN1CCN(c2cc(Cl)ccc2CBr)CC1(C)C. The minimum absolute atomic E-state index is 0.199.